The number of benzene rings is 2. The number of carbonyl (C=O) groups excluding carboxylic acids is 2. The van der Waals surface area contributed by atoms with Crippen LogP contribution in [0.4, 0.5) is 5.69 Å². The van der Waals surface area contributed by atoms with Gasteiger partial charge in [0.2, 0.25) is 5.91 Å². The number of thioether (sulfide) groups is 1. The summed E-state index contributed by atoms with van der Waals surface area (Å²) < 4.78 is 0. The Kier molecular flexibility index (Phi) is 5.92. The van der Waals surface area contributed by atoms with Crippen molar-refractivity contribution >= 4 is 29.3 Å². The lowest BCUT2D eigenvalue weighted by atomic mass is 10.1. The summed E-state index contributed by atoms with van der Waals surface area (Å²) in [7, 11) is 0. The summed E-state index contributed by atoms with van der Waals surface area (Å²) in [5.41, 5.74) is 2.22. The number of nitriles is 1. The summed E-state index contributed by atoms with van der Waals surface area (Å²) in [4.78, 5) is 25.1. The zero-order valence-electron chi connectivity index (χ0n) is 14.2. The average molecular weight is 365 g/mol. The predicted octanol–water partition coefficient (Wildman–Crippen LogP) is 3.58. The van der Waals surface area contributed by atoms with Crippen LogP contribution in [0.5, 0.6) is 0 Å². The van der Waals surface area contributed by atoms with Crippen LogP contribution in [0.3, 0.4) is 0 Å². The van der Waals surface area contributed by atoms with Crippen molar-refractivity contribution in [2.75, 3.05) is 11.1 Å². The monoisotopic (exact) mass is 365 g/mol. The summed E-state index contributed by atoms with van der Waals surface area (Å²) in [6.07, 6.45) is 1.93. The Morgan fingerprint density at radius 3 is 2.73 bits per heavy atom. The summed E-state index contributed by atoms with van der Waals surface area (Å²) in [6, 6.07) is 16.8. The number of nitrogens with zero attached hydrogens (tertiary/aromatic N) is 1. The molecule has 0 saturated heterocycles. The van der Waals surface area contributed by atoms with Gasteiger partial charge < -0.3 is 10.6 Å². The molecule has 2 aromatic rings. The van der Waals surface area contributed by atoms with Gasteiger partial charge in [0.1, 0.15) is 0 Å². The van der Waals surface area contributed by atoms with Crippen LogP contribution in [0.1, 0.15) is 28.8 Å². The first kappa shape index (κ1) is 18.0. The lowest BCUT2D eigenvalue weighted by Crippen LogP contribution is -2.23. The molecule has 2 N–H and O–H groups in total. The molecule has 6 heteroatoms. The fourth-order valence-corrected chi connectivity index (χ4v) is 3.23. The molecule has 1 aliphatic carbocycles. The number of hydrogen-bond donors (Lipinski definition) is 2. The Labute approximate surface area is 156 Å². The molecule has 0 atom stereocenters. The lowest BCUT2D eigenvalue weighted by Gasteiger charge is -2.10. The van der Waals surface area contributed by atoms with Crippen LogP contribution in [-0.2, 0) is 11.3 Å². The zero-order valence-corrected chi connectivity index (χ0v) is 15.0. The van der Waals surface area contributed by atoms with Crippen molar-refractivity contribution < 1.29 is 9.59 Å². The van der Waals surface area contributed by atoms with Gasteiger partial charge in [-0.15, -0.1) is 11.8 Å². The first-order valence-corrected chi connectivity index (χ1v) is 9.42. The second-order valence-electron chi connectivity index (χ2n) is 6.09. The Morgan fingerprint density at radius 1 is 1.15 bits per heavy atom. The molecule has 26 heavy (non-hydrogen) atoms. The maximum Gasteiger partial charge on any atom is 0.252 e. The predicted molar refractivity (Wildman–Crippen MR) is 102 cm³/mol. The van der Waals surface area contributed by atoms with Crippen LogP contribution in [0, 0.1) is 17.2 Å². The average Bonchev–Trinajstić information content (AvgIpc) is 3.50. The molecular formula is C20H19N3O2S. The van der Waals surface area contributed by atoms with Crippen LogP contribution < -0.4 is 10.6 Å². The smallest absolute Gasteiger partial charge is 0.252 e. The molecule has 1 aliphatic rings. The maximum atomic E-state index is 12.5. The van der Waals surface area contributed by atoms with Gasteiger partial charge in [-0.2, -0.15) is 5.26 Å². The van der Waals surface area contributed by atoms with Crippen LogP contribution in [0.25, 0.3) is 0 Å². The molecule has 0 aromatic heterocycles. The molecular weight excluding hydrogens is 346 g/mol. The highest BCUT2D eigenvalue weighted by Crippen LogP contribution is 2.30. The van der Waals surface area contributed by atoms with Gasteiger partial charge in [0, 0.05) is 23.0 Å². The van der Waals surface area contributed by atoms with Crippen LogP contribution >= 0.6 is 11.8 Å². The van der Waals surface area contributed by atoms with E-state index >= 15 is 0 Å². The van der Waals surface area contributed by atoms with Crippen molar-refractivity contribution in [3.05, 3.63) is 59.7 Å². The van der Waals surface area contributed by atoms with E-state index in [-0.39, 0.29) is 17.7 Å². The van der Waals surface area contributed by atoms with E-state index in [1.165, 1.54) is 11.8 Å². The van der Waals surface area contributed by atoms with E-state index in [1.807, 2.05) is 36.4 Å². The standard InChI is InChI=1S/C20H19N3O2S/c21-10-11-26-18-7-2-1-6-17(18)20(25)22-13-14-4-3-5-16(12-14)23-19(24)15-8-9-15/h1-7,12,15H,8-9,11,13H2,(H,22,25)(H,23,24). The number of hydrogen-bond acceptors (Lipinski definition) is 4. The Morgan fingerprint density at radius 2 is 1.96 bits per heavy atom. The molecule has 0 spiro atoms. The molecule has 3 rings (SSSR count). The van der Waals surface area contributed by atoms with Crippen molar-refractivity contribution in [2.24, 2.45) is 5.92 Å². The third-order valence-electron chi connectivity index (χ3n) is 4.02. The van der Waals surface area contributed by atoms with E-state index in [4.69, 9.17) is 5.26 Å². The number of amides is 2. The summed E-state index contributed by atoms with van der Waals surface area (Å²) in [6.45, 7) is 0.364. The minimum absolute atomic E-state index is 0.0645. The van der Waals surface area contributed by atoms with Gasteiger partial charge in [0.25, 0.3) is 5.91 Å². The van der Waals surface area contributed by atoms with Gasteiger partial charge in [0.15, 0.2) is 0 Å². The van der Waals surface area contributed by atoms with Crippen molar-refractivity contribution in [3.8, 4) is 6.07 Å². The maximum absolute atomic E-state index is 12.5. The summed E-state index contributed by atoms with van der Waals surface area (Å²) in [5, 5.41) is 14.5. The van der Waals surface area contributed by atoms with E-state index in [2.05, 4.69) is 16.7 Å². The van der Waals surface area contributed by atoms with E-state index in [0.29, 0.717) is 17.9 Å². The zero-order chi connectivity index (χ0) is 18.4. The van der Waals surface area contributed by atoms with Crippen molar-refractivity contribution in [1.82, 2.24) is 5.32 Å². The largest absolute Gasteiger partial charge is 0.348 e. The molecule has 2 aromatic carbocycles. The second kappa shape index (κ2) is 8.54. The van der Waals surface area contributed by atoms with Gasteiger partial charge >= 0.3 is 0 Å². The highest BCUT2D eigenvalue weighted by atomic mass is 32.2. The minimum atomic E-state index is -0.182. The molecule has 0 heterocycles. The van der Waals surface area contributed by atoms with Crippen molar-refractivity contribution in [1.29, 1.82) is 5.26 Å². The summed E-state index contributed by atoms with van der Waals surface area (Å²) in [5.74, 6) is 0.335. The third-order valence-corrected chi connectivity index (χ3v) is 4.96. The van der Waals surface area contributed by atoms with Gasteiger partial charge in [0.05, 0.1) is 17.4 Å². The highest BCUT2D eigenvalue weighted by Gasteiger charge is 2.29. The number of anilines is 1. The van der Waals surface area contributed by atoms with Crippen LogP contribution in [0.2, 0.25) is 0 Å². The van der Waals surface area contributed by atoms with Crippen LogP contribution in [-0.4, -0.2) is 17.6 Å². The highest BCUT2D eigenvalue weighted by molar-refractivity contribution is 7.99. The Balaban J connectivity index is 1.61. The van der Waals surface area contributed by atoms with E-state index in [9.17, 15) is 9.59 Å². The third kappa shape index (κ3) is 4.87. The molecule has 0 aliphatic heterocycles. The van der Waals surface area contributed by atoms with E-state index in [1.54, 1.807) is 12.1 Å². The molecule has 0 unspecified atom stereocenters. The lowest BCUT2D eigenvalue weighted by molar-refractivity contribution is -0.117. The number of nitrogens with one attached hydrogen (secondary N) is 2. The van der Waals surface area contributed by atoms with Gasteiger partial charge in [-0.3, -0.25) is 9.59 Å². The topological polar surface area (TPSA) is 82.0 Å². The second-order valence-corrected chi connectivity index (χ2v) is 7.11. The van der Waals surface area contributed by atoms with E-state index < -0.39 is 0 Å². The first-order valence-electron chi connectivity index (χ1n) is 8.44. The first-order chi connectivity index (χ1) is 12.7. The molecule has 5 nitrogen and oxygen atoms in total. The Hall–Kier alpha value is -2.78. The fraction of sp³-hybridized carbons (Fsp3) is 0.250. The molecule has 1 saturated carbocycles. The quantitative estimate of drug-likeness (QED) is 0.735. The normalized spacial score (nSPS) is 12.9. The fourth-order valence-electron chi connectivity index (χ4n) is 2.52. The molecule has 2 amide bonds. The molecule has 1 fully saturated rings. The number of carbonyl (C=O) groups is 2. The van der Waals surface area contributed by atoms with Gasteiger partial charge in [-0.25, -0.2) is 0 Å². The van der Waals surface area contributed by atoms with Gasteiger partial charge in [-0.05, 0) is 42.7 Å². The van der Waals surface area contributed by atoms with Crippen molar-refractivity contribution in [3.63, 3.8) is 0 Å². The SMILES string of the molecule is N#CCSc1ccccc1C(=O)NCc1cccc(NC(=O)C2CC2)c1. The molecule has 0 bridgehead atoms. The molecule has 132 valence electrons. The van der Waals surface area contributed by atoms with Gasteiger partial charge in [-0.1, -0.05) is 24.3 Å². The van der Waals surface area contributed by atoms with Crippen molar-refractivity contribution in [2.45, 2.75) is 24.3 Å². The number of rotatable bonds is 7. The minimum Gasteiger partial charge on any atom is -0.348 e. The van der Waals surface area contributed by atoms with E-state index in [0.717, 1.165) is 29.0 Å². The van der Waals surface area contributed by atoms with Crippen LogP contribution in [0.15, 0.2) is 53.4 Å². The Bertz CT molecular complexity index is 856. The molecule has 0 radical (unpaired) electrons. The summed E-state index contributed by atoms with van der Waals surface area (Å²) >= 11 is 1.35.